The van der Waals surface area contributed by atoms with Gasteiger partial charge >= 0.3 is 0 Å². The van der Waals surface area contributed by atoms with Crippen LogP contribution in [0.25, 0.3) is 0 Å². The molecule has 14 heavy (non-hydrogen) atoms. The number of halogens is 4. The van der Waals surface area contributed by atoms with Crippen molar-refractivity contribution in [3.63, 3.8) is 0 Å². The summed E-state index contributed by atoms with van der Waals surface area (Å²) >= 11 is 3.12. The van der Waals surface area contributed by atoms with Gasteiger partial charge in [0.1, 0.15) is 5.82 Å². The van der Waals surface area contributed by atoms with E-state index >= 15 is 0 Å². The molecule has 0 aromatic heterocycles. The maximum atomic E-state index is 12.8. The zero-order valence-electron chi connectivity index (χ0n) is 7.24. The molecule has 1 N–H and O–H groups in total. The zero-order chi connectivity index (χ0) is 10.6. The summed E-state index contributed by atoms with van der Waals surface area (Å²) in [6, 6.07) is 4.31. The molecule has 0 spiro atoms. The molecule has 0 heterocycles. The minimum Gasteiger partial charge on any atom is -0.307 e. The van der Waals surface area contributed by atoms with Gasteiger partial charge in [0, 0.05) is 11.0 Å². The van der Waals surface area contributed by atoms with Crippen molar-refractivity contribution < 1.29 is 13.2 Å². The Kier molecular flexibility index (Phi) is 4.41. The molecule has 0 aliphatic heterocycles. The molecule has 0 radical (unpaired) electrons. The Morgan fingerprint density at radius 3 is 2.57 bits per heavy atom. The molecule has 78 valence electrons. The molecule has 1 rings (SSSR count). The molecule has 1 nitrogen and oxygen atoms in total. The summed E-state index contributed by atoms with van der Waals surface area (Å²) in [5.41, 5.74) is 0.637. The van der Waals surface area contributed by atoms with Crippen LogP contribution in [0.4, 0.5) is 13.2 Å². The molecule has 1 aromatic rings. The molecule has 0 saturated heterocycles. The summed E-state index contributed by atoms with van der Waals surface area (Å²) in [5, 5.41) is 2.52. The largest absolute Gasteiger partial charge is 0.307 e. The van der Waals surface area contributed by atoms with Crippen LogP contribution >= 0.6 is 15.9 Å². The number of nitrogens with one attached hydrogen (secondary N) is 1. The second-order valence-corrected chi connectivity index (χ2v) is 3.72. The molecule has 0 bridgehead atoms. The van der Waals surface area contributed by atoms with E-state index in [1.807, 2.05) is 0 Å². The van der Waals surface area contributed by atoms with E-state index in [4.69, 9.17) is 0 Å². The predicted molar refractivity (Wildman–Crippen MR) is 51.8 cm³/mol. The number of rotatable bonds is 4. The van der Waals surface area contributed by atoms with Gasteiger partial charge in [-0.25, -0.2) is 13.2 Å². The van der Waals surface area contributed by atoms with Gasteiger partial charge in [-0.3, -0.25) is 0 Å². The van der Waals surface area contributed by atoms with E-state index in [0.29, 0.717) is 10.0 Å². The average Bonchev–Trinajstić information content (AvgIpc) is 2.01. The van der Waals surface area contributed by atoms with Crippen molar-refractivity contribution in [1.82, 2.24) is 5.32 Å². The topological polar surface area (TPSA) is 12.0 Å². The second kappa shape index (κ2) is 5.36. The van der Waals surface area contributed by atoms with Crippen LogP contribution in [0.15, 0.2) is 22.7 Å². The van der Waals surface area contributed by atoms with Crippen LogP contribution in [-0.4, -0.2) is 13.0 Å². The van der Waals surface area contributed by atoms with Crippen molar-refractivity contribution >= 4 is 15.9 Å². The highest BCUT2D eigenvalue weighted by Crippen LogP contribution is 2.14. The molecule has 0 unspecified atom stereocenters. The fourth-order valence-electron chi connectivity index (χ4n) is 1.04. The first-order valence-corrected chi connectivity index (χ1v) is 4.81. The first-order chi connectivity index (χ1) is 6.58. The van der Waals surface area contributed by atoms with Crippen LogP contribution < -0.4 is 5.32 Å². The van der Waals surface area contributed by atoms with E-state index in [1.54, 1.807) is 6.07 Å². The van der Waals surface area contributed by atoms with Crippen molar-refractivity contribution in [3.05, 3.63) is 34.1 Å². The average molecular weight is 268 g/mol. The quantitative estimate of drug-likeness (QED) is 0.885. The third kappa shape index (κ3) is 4.11. The van der Waals surface area contributed by atoms with Gasteiger partial charge in [-0.1, -0.05) is 15.9 Å². The fourth-order valence-corrected chi connectivity index (χ4v) is 1.55. The molecular weight excluding hydrogens is 259 g/mol. The van der Waals surface area contributed by atoms with Crippen LogP contribution in [0.2, 0.25) is 0 Å². The summed E-state index contributed by atoms with van der Waals surface area (Å²) in [6.07, 6.45) is -2.38. The van der Waals surface area contributed by atoms with Gasteiger partial charge in [0.25, 0.3) is 6.43 Å². The molecule has 5 heteroatoms. The normalized spacial score (nSPS) is 10.9. The van der Waals surface area contributed by atoms with Crippen LogP contribution in [-0.2, 0) is 6.54 Å². The lowest BCUT2D eigenvalue weighted by atomic mass is 10.2. The SMILES string of the molecule is Fc1cc(Br)cc(CNCC(F)F)c1. The summed E-state index contributed by atoms with van der Waals surface area (Å²) in [7, 11) is 0. The Bertz CT molecular complexity index is 284. The predicted octanol–water partition coefficient (Wildman–Crippen LogP) is 2.94. The lowest BCUT2D eigenvalue weighted by Crippen LogP contribution is -2.20. The van der Waals surface area contributed by atoms with E-state index in [0.717, 1.165) is 0 Å². The summed E-state index contributed by atoms with van der Waals surface area (Å²) < 4.78 is 36.9. The van der Waals surface area contributed by atoms with Gasteiger partial charge in [0.2, 0.25) is 0 Å². The second-order valence-electron chi connectivity index (χ2n) is 2.80. The molecule has 0 saturated carbocycles. The fraction of sp³-hybridized carbons (Fsp3) is 0.333. The standard InChI is InChI=1S/C9H9BrF3N/c10-7-1-6(2-8(11)3-7)4-14-5-9(12)13/h1-3,9,14H,4-5H2. The van der Waals surface area contributed by atoms with Gasteiger partial charge in [-0.2, -0.15) is 0 Å². The Labute approximate surface area is 88.4 Å². The first kappa shape index (κ1) is 11.5. The maximum Gasteiger partial charge on any atom is 0.250 e. The Hall–Kier alpha value is -0.550. The van der Waals surface area contributed by atoms with E-state index in [9.17, 15) is 13.2 Å². The zero-order valence-corrected chi connectivity index (χ0v) is 8.82. The summed E-state index contributed by atoms with van der Waals surface area (Å²) in [4.78, 5) is 0. The van der Waals surface area contributed by atoms with Crippen molar-refractivity contribution in [2.45, 2.75) is 13.0 Å². The van der Waals surface area contributed by atoms with E-state index in [1.165, 1.54) is 12.1 Å². The van der Waals surface area contributed by atoms with Crippen LogP contribution in [0.5, 0.6) is 0 Å². The van der Waals surface area contributed by atoms with Crippen molar-refractivity contribution in [2.24, 2.45) is 0 Å². The van der Waals surface area contributed by atoms with Gasteiger partial charge in [-0.05, 0) is 23.8 Å². The third-order valence-electron chi connectivity index (χ3n) is 1.55. The van der Waals surface area contributed by atoms with E-state index in [-0.39, 0.29) is 18.9 Å². The maximum absolute atomic E-state index is 12.8. The molecule has 0 aliphatic rings. The Morgan fingerprint density at radius 2 is 2.00 bits per heavy atom. The van der Waals surface area contributed by atoms with Crippen molar-refractivity contribution in [1.29, 1.82) is 0 Å². The number of hydrogen-bond donors (Lipinski definition) is 1. The molecule has 1 aromatic carbocycles. The Balaban J connectivity index is 2.50. The highest BCUT2D eigenvalue weighted by atomic mass is 79.9. The van der Waals surface area contributed by atoms with Crippen molar-refractivity contribution in [2.75, 3.05) is 6.54 Å². The van der Waals surface area contributed by atoms with Gasteiger partial charge in [0.15, 0.2) is 0 Å². The van der Waals surface area contributed by atoms with Gasteiger partial charge < -0.3 is 5.32 Å². The summed E-state index contributed by atoms with van der Waals surface area (Å²) in [5.74, 6) is -0.381. The van der Waals surface area contributed by atoms with Crippen molar-refractivity contribution in [3.8, 4) is 0 Å². The smallest absolute Gasteiger partial charge is 0.250 e. The monoisotopic (exact) mass is 267 g/mol. The van der Waals surface area contributed by atoms with E-state index < -0.39 is 6.43 Å². The van der Waals surface area contributed by atoms with Gasteiger partial charge in [-0.15, -0.1) is 0 Å². The van der Waals surface area contributed by atoms with E-state index in [2.05, 4.69) is 21.2 Å². The lowest BCUT2D eigenvalue weighted by Gasteiger charge is -2.04. The number of alkyl halides is 2. The lowest BCUT2D eigenvalue weighted by molar-refractivity contribution is 0.145. The minimum atomic E-state index is -2.38. The molecule has 0 amide bonds. The highest BCUT2D eigenvalue weighted by molar-refractivity contribution is 9.10. The highest BCUT2D eigenvalue weighted by Gasteiger charge is 2.02. The molecule has 0 atom stereocenters. The molecule has 0 aliphatic carbocycles. The van der Waals surface area contributed by atoms with Crippen LogP contribution in [0.3, 0.4) is 0 Å². The minimum absolute atomic E-state index is 0.237. The van der Waals surface area contributed by atoms with Crippen LogP contribution in [0, 0.1) is 5.82 Å². The number of hydrogen-bond acceptors (Lipinski definition) is 1. The number of benzene rings is 1. The first-order valence-electron chi connectivity index (χ1n) is 4.02. The summed E-state index contributed by atoms with van der Waals surface area (Å²) in [6.45, 7) is -0.144. The van der Waals surface area contributed by atoms with Gasteiger partial charge in [0.05, 0.1) is 6.54 Å². The molecule has 0 fully saturated rings. The molecular formula is C9H9BrF3N. The van der Waals surface area contributed by atoms with Crippen LogP contribution in [0.1, 0.15) is 5.56 Å². The Morgan fingerprint density at radius 1 is 1.29 bits per heavy atom. The third-order valence-corrected chi connectivity index (χ3v) is 2.01.